The van der Waals surface area contributed by atoms with Crippen molar-refractivity contribution in [2.24, 2.45) is 17.2 Å². The first-order valence-electron chi connectivity index (χ1n) is 3.42. The third-order valence-corrected chi connectivity index (χ3v) is 0.408. The molecule has 67 valence electrons. The topological polar surface area (TPSA) is 78.1 Å². The summed E-state index contributed by atoms with van der Waals surface area (Å²) in [6.07, 6.45) is 3.32. The standard InChI is InChI=1S/C4H9.3CH5N/c1-3-4-2;3*1-2/h3H,4H2,1-2H3;3*2H2,1H3. The second-order valence-electron chi connectivity index (χ2n) is 0.816. The summed E-state index contributed by atoms with van der Waals surface area (Å²) in [5.41, 5.74) is 13.5. The summed E-state index contributed by atoms with van der Waals surface area (Å²) in [5, 5.41) is 0. The summed E-state index contributed by atoms with van der Waals surface area (Å²) in [6, 6.07) is 0. The highest BCUT2D eigenvalue weighted by molar-refractivity contribution is 4.45. The van der Waals surface area contributed by atoms with Crippen molar-refractivity contribution in [2.75, 3.05) is 21.1 Å². The minimum absolute atomic E-state index is 1.19. The van der Waals surface area contributed by atoms with Gasteiger partial charge in [0.05, 0.1) is 0 Å². The van der Waals surface area contributed by atoms with Gasteiger partial charge in [0.1, 0.15) is 0 Å². The molecule has 0 aromatic carbocycles. The summed E-state index contributed by atoms with van der Waals surface area (Å²) in [7, 11) is 4.50. The van der Waals surface area contributed by atoms with Gasteiger partial charge in [-0.3, -0.25) is 0 Å². The van der Waals surface area contributed by atoms with Gasteiger partial charge < -0.3 is 17.2 Å². The summed E-state index contributed by atoms with van der Waals surface area (Å²) in [5.74, 6) is 0. The van der Waals surface area contributed by atoms with E-state index in [4.69, 9.17) is 0 Å². The number of unbranched alkanes of at least 4 members (excludes halogenated alkanes) is 1. The van der Waals surface area contributed by atoms with Gasteiger partial charge in [-0.1, -0.05) is 20.3 Å². The van der Waals surface area contributed by atoms with Crippen molar-refractivity contribution in [1.29, 1.82) is 0 Å². The van der Waals surface area contributed by atoms with Crippen molar-refractivity contribution in [1.82, 2.24) is 0 Å². The fourth-order valence-electron chi connectivity index (χ4n) is 0. The first-order valence-corrected chi connectivity index (χ1v) is 3.42. The zero-order chi connectivity index (χ0) is 9.41. The van der Waals surface area contributed by atoms with E-state index in [0.29, 0.717) is 0 Å². The van der Waals surface area contributed by atoms with Crippen molar-refractivity contribution < 1.29 is 0 Å². The van der Waals surface area contributed by atoms with Crippen LogP contribution in [0.5, 0.6) is 0 Å². The van der Waals surface area contributed by atoms with E-state index >= 15 is 0 Å². The molecule has 3 heteroatoms. The third-order valence-electron chi connectivity index (χ3n) is 0.408. The van der Waals surface area contributed by atoms with E-state index in [2.05, 4.69) is 37.5 Å². The second-order valence-corrected chi connectivity index (χ2v) is 0.816. The summed E-state index contributed by atoms with van der Waals surface area (Å²) in [6.45, 7) is 4.18. The van der Waals surface area contributed by atoms with Crippen molar-refractivity contribution in [3.8, 4) is 0 Å². The van der Waals surface area contributed by atoms with Crippen LogP contribution in [0.1, 0.15) is 20.3 Å². The van der Waals surface area contributed by atoms with Gasteiger partial charge in [0.25, 0.3) is 0 Å². The molecule has 0 aliphatic rings. The number of nitrogens with two attached hydrogens (primary N) is 3. The summed E-state index contributed by atoms with van der Waals surface area (Å²) >= 11 is 0. The average Bonchev–Trinajstić information content (AvgIpc) is 2.14. The molecule has 0 heterocycles. The Morgan fingerprint density at radius 1 is 0.900 bits per heavy atom. The predicted octanol–water partition coefficient (Wildman–Crippen LogP) is 0.345. The first-order chi connectivity index (χ1) is 4.91. The van der Waals surface area contributed by atoms with Gasteiger partial charge in [0, 0.05) is 0 Å². The molecule has 6 N–H and O–H groups in total. The molecule has 0 spiro atoms. The number of hydrogen-bond acceptors (Lipinski definition) is 3. The largest absolute Gasteiger partial charge is 0.333 e. The molecule has 3 nitrogen and oxygen atoms in total. The maximum Gasteiger partial charge on any atom is -0.0195 e. The van der Waals surface area contributed by atoms with Crippen molar-refractivity contribution in [2.45, 2.75) is 20.3 Å². The van der Waals surface area contributed by atoms with Gasteiger partial charge in [-0.25, -0.2) is 0 Å². The van der Waals surface area contributed by atoms with Crippen molar-refractivity contribution >= 4 is 0 Å². The van der Waals surface area contributed by atoms with Gasteiger partial charge >= 0.3 is 0 Å². The lowest BCUT2D eigenvalue weighted by Gasteiger charge is -1.67. The van der Waals surface area contributed by atoms with Crippen LogP contribution in [-0.2, 0) is 0 Å². The molecular formula is C7H24N3. The molecule has 0 unspecified atom stereocenters. The van der Waals surface area contributed by atoms with Crippen LogP contribution in [0.2, 0.25) is 0 Å². The lowest BCUT2D eigenvalue weighted by Crippen LogP contribution is -1.69. The highest BCUT2D eigenvalue weighted by Crippen LogP contribution is 1.74. The van der Waals surface area contributed by atoms with Crippen LogP contribution in [0.25, 0.3) is 0 Å². The number of hydrogen-bond donors (Lipinski definition) is 3. The Kier molecular flexibility index (Phi) is 352. The molecule has 0 saturated carbocycles. The molecule has 0 rings (SSSR count). The molecule has 0 bridgehead atoms. The predicted molar refractivity (Wildman–Crippen MR) is 50.6 cm³/mol. The van der Waals surface area contributed by atoms with Crippen LogP contribution in [0.15, 0.2) is 0 Å². The minimum Gasteiger partial charge on any atom is -0.333 e. The SMILES string of the molecule is CN.CN.CN.C[CH]CC. The van der Waals surface area contributed by atoms with Gasteiger partial charge in [-0.05, 0) is 27.6 Å². The molecule has 0 aliphatic heterocycles. The third kappa shape index (κ3) is 482. The molecule has 0 aromatic heterocycles. The minimum atomic E-state index is 1.19. The zero-order valence-corrected chi connectivity index (χ0v) is 8.02. The molecule has 0 saturated heterocycles. The lowest BCUT2D eigenvalue weighted by atomic mass is 10.4. The summed E-state index contributed by atoms with van der Waals surface area (Å²) in [4.78, 5) is 0. The van der Waals surface area contributed by atoms with E-state index in [0.717, 1.165) is 0 Å². The highest BCUT2D eigenvalue weighted by Gasteiger charge is 1.57. The average molecular weight is 150 g/mol. The Balaban J connectivity index is -0.0000000262. The van der Waals surface area contributed by atoms with E-state index in [1.165, 1.54) is 27.6 Å². The highest BCUT2D eigenvalue weighted by atomic mass is 14.4. The van der Waals surface area contributed by atoms with E-state index in [9.17, 15) is 0 Å². The van der Waals surface area contributed by atoms with Crippen LogP contribution in [0.4, 0.5) is 0 Å². The smallest absolute Gasteiger partial charge is 0.0195 e. The van der Waals surface area contributed by atoms with Crippen molar-refractivity contribution in [3.05, 3.63) is 6.42 Å². The Hall–Kier alpha value is -0.120. The lowest BCUT2D eigenvalue weighted by molar-refractivity contribution is 1.10. The van der Waals surface area contributed by atoms with Crippen LogP contribution in [0, 0.1) is 6.42 Å². The van der Waals surface area contributed by atoms with E-state index in [1.54, 1.807) is 0 Å². The zero-order valence-electron chi connectivity index (χ0n) is 8.02. The molecule has 10 heavy (non-hydrogen) atoms. The Bertz CT molecular complexity index is 10.8. The molecule has 0 aromatic rings. The van der Waals surface area contributed by atoms with Crippen LogP contribution < -0.4 is 17.2 Å². The Labute approximate surface area is 66.0 Å². The quantitative estimate of drug-likeness (QED) is 0.504. The molecular weight excluding hydrogens is 126 g/mol. The van der Waals surface area contributed by atoms with Gasteiger partial charge in [0.2, 0.25) is 0 Å². The maximum absolute atomic E-state index is 4.50. The Morgan fingerprint density at radius 3 is 1.00 bits per heavy atom. The number of rotatable bonds is 1. The van der Waals surface area contributed by atoms with Crippen molar-refractivity contribution in [3.63, 3.8) is 0 Å². The Morgan fingerprint density at radius 2 is 1.00 bits per heavy atom. The van der Waals surface area contributed by atoms with Crippen LogP contribution in [0.3, 0.4) is 0 Å². The summed E-state index contributed by atoms with van der Waals surface area (Å²) < 4.78 is 0. The van der Waals surface area contributed by atoms with E-state index < -0.39 is 0 Å². The molecule has 0 atom stereocenters. The normalized spacial score (nSPS) is 4.80. The molecule has 0 fully saturated rings. The second kappa shape index (κ2) is 156. The van der Waals surface area contributed by atoms with E-state index in [-0.39, 0.29) is 0 Å². The monoisotopic (exact) mass is 150 g/mol. The van der Waals surface area contributed by atoms with Gasteiger partial charge in [-0.15, -0.1) is 0 Å². The van der Waals surface area contributed by atoms with Crippen LogP contribution in [-0.4, -0.2) is 21.1 Å². The molecule has 0 aliphatic carbocycles. The van der Waals surface area contributed by atoms with Gasteiger partial charge in [-0.2, -0.15) is 0 Å². The van der Waals surface area contributed by atoms with Crippen LogP contribution >= 0.6 is 0 Å². The molecule has 0 amide bonds. The maximum atomic E-state index is 4.50. The van der Waals surface area contributed by atoms with Gasteiger partial charge in [0.15, 0.2) is 0 Å². The molecule has 1 radical (unpaired) electrons. The fourth-order valence-corrected chi connectivity index (χ4v) is 0. The fraction of sp³-hybridized carbons (Fsp3) is 0.857. The van der Waals surface area contributed by atoms with E-state index in [1.807, 2.05) is 0 Å². The first kappa shape index (κ1) is 22.5.